The standard InChI is InChI=1S/C24H21FN2O5/c1-30-20-4-2-3-15(11-21(28)29)24(20)32-13-14-9-16-6-8-31-23(16)18(10-14)17-5-7-27-19(12-26)22(17)25/h2-10H,11-13,26H2,1H3,(H,28,29). The fraction of sp³-hybridized carbons (Fsp3) is 0.167. The van der Waals surface area contributed by atoms with Gasteiger partial charge in [0.2, 0.25) is 0 Å². The maximum atomic E-state index is 15.0. The van der Waals surface area contributed by atoms with Crippen molar-refractivity contribution in [1.82, 2.24) is 4.98 Å². The number of furan rings is 1. The Hall–Kier alpha value is -3.91. The molecule has 0 atom stereocenters. The van der Waals surface area contributed by atoms with Crippen molar-refractivity contribution in [3.05, 3.63) is 77.6 Å². The number of hydrogen-bond acceptors (Lipinski definition) is 6. The van der Waals surface area contributed by atoms with E-state index in [0.717, 1.165) is 10.9 Å². The summed E-state index contributed by atoms with van der Waals surface area (Å²) >= 11 is 0. The zero-order valence-corrected chi connectivity index (χ0v) is 17.3. The van der Waals surface area contributed by atoms with Crippen LogP contribution in [0.5, 0.6) is 11.5 Å². The number of hydrogen-bond donors (Lipinski definition) is 2. The third-order valence-electron chi connectivity index (χ3n) is 5.06. The summed E-state index contributed by atoms with van der Waals surface area (Å²) in [6, 6.07) is 12.1. The Morgan fingerprint density at radius 3 is 2.81 bits per heavy atom. The largest absolute Gasteiger partial charge is 0.493 e. The molecule has 7 nitrogen and oxygen atoms in total. The molecule has 4 rings (SSSR count). The predicted molar refractivity (Wildman–Crippen MR) is 116 cm³/mol. The van der Waals surface area contributed by atoms with Gasteiger partial charge in [0.25, 0.3) is 0 Å². The molecule has 0 unspecified atom stereocenters. The molecular formula is C24H21FN2O5. The quantitative estimate of drug-likeness (QED) is 0.424. The van der Waals surface area contributed by atoms with Crippen LogP contribution in [0.1, 0.15) is 16.8 Å². The first-order valence-electron chi connectivity index (χ1n) is 9.86. The Balaban J connectivity index is 1.73. The number of carboxylic acid groups (broad SMARTS) is 1. The van der Waals surface area contributed by atoms with Gasteiger partial charge in [0.15, 0.2) is 17.3 Å². The van der Waals surface area contributed by atoms with E-state index in [1.807, 2.05) is 6.07 Å². The van der Waals surface area contributed by atoms with Gasteiger partial charge in [0.05, 0.1) is 25.5 Å². The van der Waals surface area contributed by atoms with E-state index in [-0.39, 0.29) is 25.3 Å². The van der Waals surface area contributed by atoms with Crippen molar-refractivity contribution < 1.29 is 28.2 Å². The molecule has 0 bridgehead atoms. The minimum atomic E-state index is -0.978. The van der Waals surface area contributed by atoms with Crippen LogP contribution in [-0.2, 0) is 24.4 Å². The highest BCUT2D eigenvalue weighted by atomic mass is 19.1. The number of para-hydroxylation sites is 1. The van der Waals surface area contributed by atoms with Gasteiger partial charge in [-0.05, 0) is 35.9 Å². The number of aliphatic carboxylic acids is 1. The molecule has 0 aliphatic rings. The van der Waals surface area contributed by atoms with Crippen molar-refractivity contribution in [2.24, 2.45) is 5.73 Å². The summed E-state index contributed by atoms with van der Waals surface area (Å²) in [5.74, 6) is -0.693. The number of carboxylic acids is 1. The summed E-state index contributed by atoms with van der Waals surface area (Å²) < 4.78 is 31.9. The molecule has 0 saturated heterocycles. The molecule has 0 aliphatic carbocycles. The van der Waals surface area contributed by atoms with Crippen LogP contribution in [0.15, 0.2) is 59.3 Å². The molecule has 2 heterocycles. The third-order valence-corrected chi connectivity index (χ3v) is 5.06. The van der Waals surface area contributed by atoms with Gasteiger partial charge in [0.1, 0.15) is 12.2 Å². The van der Waals surface area contributed by atoms with Gasteiger partial charge in [0, 0.05) is 34.8 Å². The summed E-state index contributed by atoms with van der Waals surface area (Å²) in [5, 5.41) is 9.99. The van der Waals surface area contributed by atoms with Crippen LogP contribution in [0.3, 0.4) is 0 Å². The van der Waals surface area contributed by atoms with Crippen molar-refractivity contribution in [2.45, 2.75) is 19.6 Å². The van der Waals surface area contributed by atoms with Gasteiger partial charge in [-0.3, -0.25) is 9.78 Å². The van der Waals surface area contributed by atoms with Gasteiger partial charge in [-0.1, -0.05) is 12.1 Å². The molecule has 3 N–H and O–H groups in total. The third kappa shape index (κ3) is 4.13. The first kappa shape index (κ1) is 21.3. The zero-order valence-electron chi connectivity index (χ0n) is 17.3. The molecule has 8 heteroatoms. The average molecular weight is 436 g/mol. The maximum absolute atomic E-state index is 15.0. The number of nitrogens with two attached hydrogens (primary N) is 1. The van der Waals surface area contributed by atoms with E-state index in [1.165, 1.54) is 19.6 Å². The zero-order chi connectivity index (χ0) is 22.7. The van der Waals surface area contributed by atoms with Crippen LogP contribution in [0.25, 0.3) is 22.1 Å². The highest BCUT2D eigenvalue weighted by Crippen LogP contribution is 2.35. The number of aromatic nitrogens is 1. The van der Waals surface area contributed by atoms with Gasteiger partial charge in [-0.2, -0.15) is 0 Å². The van der Waals surface area contributed by atoms with E-state index in [1.54, 1.807) is 36.4 Å². The second kappa shape index (κ2) is 9.07. The topological polar surface area (TPSA) is 108 Å². The summed E-state index contributed by atoms with van der Waals surface area (Å²) in [6.45, 7) is 0.0848. The second-order valence-electron chi connectivity index (χ2n) is 7.11. The van der Waals surface area contributed by atoms with E-state index in [0.29, 0.717) is 33.8 Å². The number of benzene rings is 2. The van der Waals surface area contributed by atoms with Crippen LogP contribution >= 0.6 is 0 Å². The molecule has 0 fully saturated rings. The number of pyridine rings is 1. The molecule has 0 amide bonds. The van der Waals surface area contributed by atoms with Crippen LogP contribution in [0, 0.1) is 5.82 Å². The fourth-order valence-electron chi connectivity index (χ4n) is 3.61. The van der Waals surface area contributed by atoms with Crippen molar-refractivity contribution in [2.75, 3.05) is 7.11 Å². The Kier molecular flexibility index (Phi) is 6.04. The molecule has 0 spiro atoms. The normalized spacial score (nSPS) is 11.0. The Morgan fingerprint density at radius 2 is 2.06 bits per heavy atom. The smallest absolute Gasteiger partial charge is 0.307 e. The predicted octanol–water partition coefficient (Wildman–Crippen LogP) is 4.31. The number of rotatable bonds is 8. The lowest BCUT2D eigenvalue weighted by atomic mass is 10.00. The number of ether oxygens (including phenoxy) is 2. The minimum absolute atomic E-state index is 0.0239. The summed E-state index contributed by atoms with van der Waals surface area (Å²) in [6.07, 6.45) is 2.83. The van der Waals surface area contributed by atoms with Gasteiger partial charge >= 0.3 is 5.97 Å². The number of methoxy groups -OCH3 is 1. The van der Waals surface area contributed by atoms with Crippen LogP contribution in [0.2, 0.25) is 0 Å². The molecular weight excluding hydrogens is 415 g/mol. The number of nitrogens with zero attached hydrogens (tertiary/aromatic N) is 1. The Labute approximate surface area is 183 Å². The molecule has 164 valence electrons. The van der Waals surface area contributed by atoms with Crippen molar-refractivity contribution >= 4 is 16.9 Å². The van der Waals surface area contributed by atoms with Gasteiger partial charge in [-0.25, -0.2) is 4.39 Å². The number of fused-ring (bicyclic) bond motifs is 1. The molecule has 2 aromatic carbocycles. The van der Waals surface area contributed by atoms with Crippen molar-refractivity contribution in [3.8, 4) is 22.6 Å². The Bertz CT molecular complexity index is 1280. The lowest BCUT2D eigenvalue weighted by Gasteiger charge is -2.15. The first-order valence-corrected chi connectivity index (χ1v) is 9.86. The van der Waals surface area contributed by atoms with Crippen LogP contribution in [0.4, 0.5) is 4.39 Å². The lowest BCUT2D eigenvalue weighted by molar-refractivity contribution is -0.136. The SMILES string of the molecule is COc1cccc(CC(=O)O)c1OCc1cc(-c2ccnc(CN)c2F)c2occc2c1. The number of carbonyl (C=O) groups is 1. The van der Waals surface area contributed by atoms with Crippen molar-refractivity contribution in [1.29, 1.82) is 0 Å². The summed E-state index contributed by atoms with van der Waals surface area (Å²) in [5.41, 5.74) is 8.41. The van der Waals surface area contributed by atoms with E-state index in [2.05, 4.69) is 4.98 Å². The Morgan fingerprint density at radius 1 is 1.22 bits per heavy atom. The molecule has 0 aliphatic heterocycles. The van der Waals surface area contributed by atoms with E-state index < -0.39 is 11.8 Å². The molecule has 2 aromatic heterocycles. The van der Waals surface area contributed by atoms with Crippen molar-refractivity contribution in [3.63, 3.8) is 0 Å². The highest BCUT2D eigenvalue weighted by molar-refractivity contribution is 5.93. The van der Waals surface area contributed by atoms with E-state index in [9.17, 15) is 14.3 Å². The first-order chi connectivity index (χ1) is 15.5. The van der Waals surface area contributed by atoms with E-state index >= 15 is 0 Å². The van der Waals surface area contributed by atoms with Crippen LogP contribution < -0.4 is 15.2 Å². The maximum Gasteiger partial charge on any atom is 0.307 e. The lowest BCUT2D eigenvalue weighted by Crippen LogP contribution is -2.06. The molecule has 0 radical (unpaired) electrons. The van der Waals surface area contributed by atoms with Gasteiger partial charge in [-0.15, -0.1) is 0 Å². The van der Waals surface area contributed by atoms with Gasteiger partial charge < -0.3 is 24.7 Å². The molecule has 32 heavy (non-hydrogen) atoms. The summed E-state index contributed by atoms with van der Waals surface area (Å²) in [4.78, 5) is 15.2. The molecule has 0 saturated carbocycles. The van der Waals surface area contributed by atoms with E-state index in [4.69, 9.17) is 19.6 Å². The second-order valence-corrected chi connectivity index (χ2v) is 7.11. The summed E-state index contributed by atoms with van der Waals surface area (Å²) in [7, 11) is 1.49. The number of halogens is 1. The fourth-order valence-corrected chi connectivity index (χ4v) is 3.61. The minimum Gasteiger partial charge on any atom is -0.493 e. The highest BCUT2D eigenvalue weighted by Gasteiger charge is 2.18. The average Bonchev–Trinajstić information content (AvgIpc) is 3.26. The molecule has 4 aromatic rings. The monoisotopic (exact) mass is 436 g/mol. The van der Waals surface area contributed by atoms with Crippen LogP contribution in [-0.4, -0.2) is 23.2 Å².